The summed E-state index contributed by atoms with van der Waals surface area (Å²) < 4.78 is 18.9. The summed E-state index contributed by atoms with van der Waals surface area (Å²) in [7, 11) is 0. The molecule has 0 unspecified atom stereocenters. The molecule has 1 saturated heterocycles. The number of rotatable bonds is 5. The van der Waals surface area contributed by atoms with E-state index in [1.165, 1.54) is 24.3 Å². The van der Waals surface area contributed by atoms with Crippen LogP contribution in [0.25, 0.3) is 10.9 Å². The summed E-state index contributed by atoms with van der Waals surface area (Å²) in [6.07, 6.45) is 1.78. The second-order valence-corrected chi connectivity index (χ2v) is 7.04. The van der Waals surface area contributed by atoms with Crippen molar-refractivity contribution >= 4 is 16.8 Å². The standard InChI is InChI=1S/C22H21FN2O3/c23-18-9-7-15(8-10-18)22(27)25(14-19-5-3-11-28-19)13-17-12-16-4-1-2-6-20(16)24-21(17)26/h1-2,4,6-10,12,19H,3,5,11,13-14H2,(H,24,26)/t19-/m0/s1. The number of hydrogen-bond donors (Lipinski definition) is 1. The van der Waals surface area contributed by atoms with Crippen molar-refractivity contribution in [1.29, 1.82) is 0 Å². The molecule has 5 nitrogen and oxygen atoms in total. The van der Waals surface area contributed by atoms with Crippen molar-refractivity contribution < 1.29 is 13.9 Å². The molecule has 2 heterocycles. The van der Waals surface area contributed by atoms with Crippen molar-refractivity contribution in [2.24, 2.45) is 0 Å². The molecule has 1 aromatic heterocycles. The Labute approximate surface area is 161 Å². The highest BCUT2D eigenvalue weighted by Crippen LogP contribution is 2.18. The Hall–Kier alpha value is -2.99. The first kappa shape index (κ1) is 18.4. The van der Waals surface area contributed by atoms with E-state index < -0.39 is 5.82 Å². The van der Waals surface area contributed by atoms with Gasteiger partial charge in [0.2, 0.25) is 0 Å². The Morgan fingerprint density at radius 1 is 1.18 bits per heavy atom. The van der Waals surface area contributed by atoms with Crippen LogP contribution in [0.2, 0.25) is 0 Å². The van der Waals surface area contributed by atoms with Crippen molar-refractivity contribution in [1.82, 2.24) is 9.88 Å². The van der Waals surface area contributed by atoms with E-state index in [2.05, 4.69) is 4.98 Å². The van der Waals surface area contributed by atoms with Crippen LogP contribution in [-0.4, -0.2) is 35.0 Å². The maximum atomic E-state index is 13.2. The number of amides is 1. The first-order chi connectivity index (χ1) is 13.6. The van der Waals surface area contributed by atoms with Gasteiger partial charge < -0.3 is 14.6 Å². The van der Waals surface area contributed by atoms with Gasteiger partial charge in [-0.25, -0.2) is 4.39 Å². The molecule has 1 fully saturated rings. The molecular formula is C22H21FN2O3. The highest BCUT2D eigenvalue weighted by Gasteiger charge is 2.24. The number of hydrogen-bond acceptors (Lipinski definition) is 3. The van der Waals surface area contributed by atoms with Crippen molar-refractivity contribution in [3.05, 3.63) is 81.9 Å². The minimum absolute atomic E-state index is 0.0519. The molecule has 1 N–H and O–H groups in total. The number of nitrogens with zero attached hydrogens (tertiary/aromatic N) is 1. The molecule has 28 heavy (non-hydrogen) atoms. The molecule has 6 heteroatoms. The lowest BCUT2D eigenvalue weighted by atomic mass is 10.1. The lowest BCUT2D eigenvalue weighted by Gasteiger charge is -2.25. The van der Waals surface area contributed by atoms with Crippen LogP contribution in [-0.2, 0) is 11.3 Å². The van der Waals surface area contributed by atoms with Crippen LogP contribution < -0.4 is 5.56 Å². The predicted octanol–water partition coefficient (Wildman–Crippen LogP) is 3.49. The third kappa shape index (κ3) is 3.97. The van der Waals surface area contributed by atoms with Gasteiger partial charge >= 0.3 is 0 Å². The lowest BCUT2D eigenvalue weighted by Crippen LogP contribution is -2.38. The molecule has 1 amide bonds. The number of pyridine rings is 1. The molecular weight excluding hydrogens is 359 g/mol. The van der Waals surface area contributed by atoms with Crippen LogP contribution in [0.4, 0.5) is 4.39 Å². The van der Waals surface area contributed by atoms with Gasteiger partial charge in [0.15, 0.2) is 0 Å². The highest BCUT2D eigenvalue weighted by atomic mass is 19.1. The molecule has 3 aromatic rings. The molecule has 0 saturated carbocycles. The Morgan fingerprint density at radius 3 is 2.71 bits per heavy atom. The van der Waals surface area contributed by atoms with Gasteiger partial charge in [-0.3, -0.25) is 9.59 Å². The maximum Gasteiger partial charge on any atom is 0.254 e. The summed E-state index contributed by atoms with van der Waals surface area (Å²) in [6.45, 7) is 1.23. The van der Waals surface area contributed by atoms with Crippen molar-refractivity contribution in [2.45, 2.75) is 25.5 Å². The van der Waals surface area contributed by atoms with Crippen LogP contribution >= 0.6 is 0 Å². The quantitative estimate of drug-likeness (QED) is 0.737. The number of aromatic nitrogens is 1. The van der Waals surface area contributed by atoms with Crippen LogP contribution in [0, 0.1) is 5.82 Å². The number of nitrogens with one attached hydrogen (secondary N) is 1. The summed E-state index contributed by atoms with van der Waals surface area (Å²) in [4.78, 5) is 30.1. The van der Waals surface area contributed by atoms with Gasteiger partial charge in [0, 0.05) is 29.8 Å². The molecule has 0 bridgehead atoms. The number of halogens is 1. The number of ether oxygens (including phenoxy) is 1. The molecule has 144 valence electrons. The first-order valence-corrected chi connectivity index (χ1v) is 9.37. The van der Waals surface area contributed by atoms with E-state index >= 15 is 0 Å². The maximum absolute atomic E-state index is 13.2. The van der Waals surface area contributed by atoms with Crippen LogP contribution in [0.1, 0.15) is 28.8 Å². The van der Waals surface area contributed by atoms with Gasteiger partial charge in [0.05, 0.1) is 12.6 Å². The lowest BCUT2D eigenvalue weighted by molar-refractivity contribution is 0.0506. The number of carbonyl (C=O) groups is 1. The number of H-pyrrole nitrogens is 1. The van der Waals surface area contributed by atoms with E-state index in [1.807, 2.05) is 30.3 Å². The normalized spacial score (nSPS) is 16.4. The number of carbonyl (C=O) groups excluding carboxylic acids is 1. The minimum atomic E-state index is -0.395. The first-order valence-electron chi connectivity index (χ1n) is 9.37. The number of benzene rings is 2. The molecule has 1 atom stereocenters. The van der Waals surface area contributed by atoms with E-state index in [-0.39, 0.29) is 24.1 Å². The van der Waals surface area contributed by atoms with E-state index in [0.29, 0.717) is 24.3 Å². The van der Waals surface area contributed by atoms with Crippen LogP contribution in [0.15, 0.2) is 59.4 Å². The third-order valence-electron chi connectivity index (χ3n) is 5.02. The molecule has 0 spiro atoms. The fourth-order valence-corrected chi connectivity index (χ4v) is 3.54. The molecule has 2 aromatic carbocycles. The second-order valence-electron chi connectivity index (χ2n) is 7.04. The van der Waals surface area contributed by atoms with E-state index in [0.717, 1.165) is 23.7 Å². The average molecular weight is 380 g/mol. The van der Waals surface area contributed by atoms with Gasteiger partial charge in [-0.2, -0.15) is 0 Å². The smallest absolute Gasteiger partial charge is 0.254 e. The van der Waals surface area contributed by atoms with Crippen molar-refractivity contribution in [3.8, 4) is 0 Å². The molecule has 1 aliphatic rings. The van der Waals surface area contributed by atoms with Gasteiger partial charge in [0.25, 0.3) is 11.5 Å². The summed E-state index contributed by atoms with van der Waals surface area (Å²) in [5.74, 6) is -0.642. The third-order valence-corrected chi connectivity index (χ3v) is 5.02. The SMILES string of the molecule is O=C(c1ccc(F)cc1)N(Cc1cc2ccccc2[nH]c1=O)C[C@@H]1CCCO1. The zero-order chi connectivity index (χ0) is 19.5. The van der Waals surface area contributed by atoms with E-state index in [1.54, 1.807) is 4.90 Å². The number of aromatic amines is 1. The Kier molecular flexibility index (Phi) is 5.21. The van der Waals surface area contributed by atoms with Crippen molar-refractivity contribution in [3.63, 3.8) is 0 Å². The largest absolute Gasteiger partial charge is 0.376 e. The summed E-state index contributed by atoms with van der Waals surface area (Å²) in [5.41, 5.74) is 1.43. The van der Waals surface area contributed by atoms with Gasteiger partial charge in [-0.05, 0) is 54.6 Å². The number of fused-ring (bicyclic) bond motifs is 1. The van der Waals surface area contributed by atoms with Gasteiger partial charge in [-0.1, -0.05) is 18.2 Å². The molecule has 0 aliphatic carbocycles. The zero-order valence-corrected chi connectivity index (χ0v) is 15.4. The fraction of sp³-hybridized carbons (Fsp3) is 0.273. The topological polar surface area (TPSA) is 62.4 Å². The van der Waals surface area contributed by atoms with Crippen molar-refractivity contribution in [2.75, 3.05) is 13.2 Å². The minimum Gasteiger partial charge on any atom is -0.376 e. The Bertz CT molecular complexity index is 1040. The van der Waals surface area contributed by atoms with Crippen LogP contribution in [0.3, 0.4) is 0 Å². The van der Waals surface area contributed by atoms with Crippen LogP contribution in [0.5, 0.6) is 0 Å². The average Bonchev–Trinajstić information content (AvgIpc) is 3.21. The summed E-state index contributed by atoms with van der Waals surface area (Å²) >= 11 is 0. The van der Waals surface area contributed by atoms with E-state index in [9.17, 15) is 14.0 Å². The van der Waals surface area contributed by atoms with Gasteiger partial charge in [-0.15, -0.1) is 0 Å². The second kappa shape index (κ2) is 7.94. The number of para-hydroxylation sites is 1. The Morgan fingerprint density at radius 2 is 1.96 bits per heavy atom. The highest BCUT2D eigenvalue weighted by molar-refractivity contribution is 5.94. The molecule has 4 rings (SSSR count). The summed E-state index contributed by atoms with van der Waals surface area (Å²) in [6, 6.07) is 14.8. The molecule has 0 radical (unpaired) electrons. The summed E-state index contributed by atoms with van der Waals surface area (Å²) in [5, 5.41) is 0.906. The monoisotopic (exact) mass is 380 g/mol. The zero-order valence-electron chi connectivity index (χ0n) is 15.4. The fourth-order valence-electron chi connectivity index (χ4n) is 3.54. The predicted molar refractivity (Wildman–Crippen MR) is 105 cm³/mol. The van der Waals surface area contributed by atoms with Gasteiger partial charge in [0.1, 0.15) is 5.82 Å². The molecule has 1 aliphatic heterocycles. The Balaban J connectivity index is 1.65. The van der Waals surface area contributed by atoms with E-state index in [4.69, 9.17) is 4.74 Å².